The Balaban J connectivity index is 1.28. The molecule has 192 valence electrons. The SMILES string of the molecule is COc1ccc(C=Cc2ccc(C=Cc3ccc(N(c4ccccc4)c4ccc(OC)cc4)cc3)cc2)cc1. The first-order chi connectivity index (χ1) is 19.2. The van der Waals surface area contributed by atoms with Crippen molar-refractivity contribution in [2.24, 2.45) is 0 Å². The summed E-state index contributed by atoms with van der Waals surface area (Å²) < 4.78 is 10.6. The molecule has 0 N–H and O–H groups in total. The molecule has 0 radical (unpaired) electrons. The molecule has 0 saturated carbocycles. The maximum absolute atomic E-state index is 5.35. The number of rotatable bonds is 9. The van der Waals surface area contributed by atoms with E-state index in [1.807, 2.05) is 42.5 Å². The van der Waals surface area contributed by atoms with Gasteiger partial charge in [-0.05, 0) is 82.9 Å². The van der Waals surface area contributed by atoms with E-state index in [-0.39, 0.29) is 0 Å². The zero-order valence-electron chi connectivity index (χ0n) is 22.2. The quantitative estimate of drug-likeness (QED) is 0.185. The first-order valence-electron chi connectivity index (χ1n) is 12.9. The Morgan fingerprint density at radius 3 is 1.10 bits per heavy atom. The second-order valence-corrected chi connectivity index (χ2v) is 9.07. The molecule has 0 fully saturated rings. The van der Waals surface area contributed by atoms with Crippen LogP contribution in [0.1, 0.15) is 22.3 Å². The lowest BCUT2D eigenvalue weighted by Crippen LogP contribution is -2.09. The highest BCUT2D eigenvalue weighted by molar-refractivity contribution is 5.78. The lowest BCUT2D eigenvalue weighted by atomic mass is 10.1. The van der Waals surface area contributed by atoms with Crippen molar-refractivity contribution < 1.29 is 9.47 Å². The maximum Gasteiger partial charge on any atom is 0.119 e. The zero-order chi connectivity index (χ0) is 26.9. The molecule has 0 aliphatic rings. The minimum atomic E-state index is 0.841. The van der Waals surface area contributed by atoms with Crippen molar-refractivity contribution in [3.05, 3.63) is 150 Å². The van der Waals surface area contributed by atoms with Gasteiger partial charge in [0.15, 0.2) is 0 Å². The van der Waals surface area contributed by atoms with Gasteiger partial charge in [0.25, 0.3) is 0 Å². The van der Waals surface area contributed by atoms with Crippen LogP contribution in [0.3, 0.4) is 0 Å². The van der Waals surface area contributed by atoms with Gasteiger partial charge in [-0.25, -0.2) is 0 Å². The molecule has 0 aliphatic carbocycles. The Morgan fingerprint density at radius 1 is 0.385 bits per heavy atom. The summed E-state index contributed by atoms with van der Waals surface area (Å²) in [6, 6.07) is 43.7. The van der Waals surface area contributed by atoms with Crippen molar-refractivity contribution >= 4 is 41.4 Å². The number of hydrogen-bond donors (Lipinski definition) is 0. The largest absolute Gasteiger partial charge is 0.497 e. The van der Waals surface area contributed by atoms with Crippen molar-refractivity contribution in [3.8, 4) is 11.5 Å². The standard InChI is InChI=1S/C36H31NO2/c1-38-35-24-18-31(19-25-35)15-13-29-10-8-28(9-11-29)12-14-30-16-20-33(21-17-30)37(32-6-4-3-5-7-32)34-22-26-36(39-2)27-23-34/h3-27H,1-2H3. The Morgan fingerprint density at radius 2 is 0.692 bits per heavy atom. The van der Waals surface area contributed by atoms with Crippen LogP contribution in [0.2, 0.25) is 0 Å². The van der Waals surface area contributed by atoms with Crippen molar-refractivity contribution in [1.82, 2.24) is 0 Å². The third-order valence-corrected chi connectivity index (χ3v) is 6.49. The normalized spacial score (nSPS) is 11.1. The van der Waals surface area contributed by atoms with Crippen molar-refractivity contribution in [2.45, 2.75) is 0 Å². The van der Waals surface area contributed by atoms with Gasteiger partial charge in [0, 0.05) is 17.1 Å². The third kappa shape index (κ3) is 6.65. The second-order valence-electron chi connectivity index (χ2n) is 9.07. The molecule has 0 atom stereocenters. The molecule has 0 saturated heterocycles. The summed E-state index contributed by atoms with van der Waals surface area (Å²) >= 11 is 0. The van der Waals surface area contributed by atoms with E-state index in [1.165, 1.54) is 0 Å². The molecule has 0 unspecified atom stereocenters. The third-order valence-electron chi connectivity index (χ3n) is 6.49. The van der Waals surface area contributed by atoms with Gasteiger partial charge in [-0.2, -0.15) is 0 Å². The molecule has 0 spiro atoms. The summed E-state index contributed by atoms with van der Waals surface area (Å²) in [5.74, 6) is 1.71. The van der Waals surface area contributed by atoms with Crippen LogP contribution in [0, 0.1) is 0 Å². The number of benzene rings is 5. The van der Waals surface area contributed by atoms with Gasteiger partial charge >= 0.3 is 0 Å². The summed E-state index contributed by atoms with van der Waals surface area (Å²) in [6.07, 6.45) is 8.52. The molecular formula is C36H31NO2. The molecule has 5 aromatic rings. The highest BCUT2D eigenvalue weighted by atomic mass is 16.5. The van der Waals surface area contributed by atoms with Crippen LogP contribution >= 0.6 is 0 Å². The molecule has 3 nitrogen and oxygen atoms in total. The summed E-state index contributed by atoms with van der Waals surface area (Å²) in [5, 5.41) is 0. The van der Waals surface area contributed by atoms with Gasteiger partial charge in [0.05, 0.1) is 14.2 Å². The molecule has 0 amide bonds. The molecule has 3 heteroatoms. The van der Waals surface area contributed by atoms with E-state index in [1.54, 1.807) is 14.2 Å². The highest BCUT2D eigenvalue weighted by Gasteiger charge is 2.12. The first-order valence-corrected chi connectivity index (χ1v) is 12.9. The predicted molar refractivity (Wildman–Crippen MR) is 165 cm³/mol. The van der Waals surface area contributed by atoms with E-state index >= 15 is 0 Å². The van der Waals surface area contributed by atoms with Crippen molar-refractivity contribution in [3.63, 3.8) is 0 Å². The second kappa shape index (κ2) is 12.5. The highest BCUT2D eigenvalue weighted by Crippen LogP contribution is 2.35. The summed E-state index contributed by atoms with van der Waals surface area (Å²) in [5.41, 5.74) is 7.87. The zero-order valence-corrected chi connectivity index (χ0v) is 22.2. The number of ether oxygens (including phenoxy) is 2. The van der Waals surface area contributed by atoms with Gasteiger partial charge in [0.1, 0.15) is 11.5 Å². The summed E-state index contributed by atoms with van der Waals surface area (Å²) in [7, 11) is 3.37. The lowest BCUT2D eigenvalue weighted by Gasteiger charge is -2.25. The number of nitrogens with zero attached hydrogens (tertiary/aromatic N) is 1. The minimum absolute atomic E-state index is 0.841. The van der Waals surface area contributed by atoms with E-state index in [2.05, 4.69) is 114 Å². The molecule has 5 aromatic carbocycles. The van der Waals surface area contributed by atoms with E-state index in [0.29, 0.717) is 0 Å². The fraction of sp³-hybridized carbons (Fsp3) is 0.0556. The topological polar surface area (TPSA) is 21.7 Å². The van der Waals surface area contributed by atoms with E-state index in [4.69, 9.17) is 9.47 Å². The van der Waals surface area contributed by atoms with E-state index in [9.17, 15) is 0 Å². The van der Waals surface area contributed by atoms with Crippen molar-refractivity contribution in [2.75, 3.05) is 19.1 Å². The predicted octanol–water partition coefficient (Wildman–Crippen LogP) is 9.51. The minimum Gasteiger partial charge on any atom is -0.497 e. The summed E-state index contributed by atoms with van der Waals surface area (Å²) in [4.78, 5) is 2.24. The van der Waals surface area contributed by atoms with E-state index in [0.717, 1.165) is 50.8 Å². The van der Waals surface area contributed by atoms with Crippen LogP contribution in [0.15, 0.2) is 127 Å². The van der Waals surface area contributed by atoms with E-state index < -0.39 is 0 Å². The maximum atomic E-state index is 5.35. The first kappa shape index (κ1) is 25.6. The monoisotopic (exact) mass is 509 g/mol. The molecular weight excluding hydrogens is 478 g/mol. The van der Waals surface area contributed by atoms with Crippen LogP contribution in [-0.2, 0) is 0 Å². The molecule has 5 rings (SSSR count). The average Bonchev–Trinajstić information content (AvgIpc) is 3.01. The van der Waals surface area contributed by atoms with Gasteiger partial charge in [0.2, 0.25) is 0 Å². The smallest absolute Gasteiger partial charge is 0.119 e. The Hall–Kier alpha value is -5.02. The van der Waals surface area contributed by atoms with Gasteiger partial charge in [-0.15, -0.1) is 0 Å². The molecule has 39 heavy (non-hydrogen) atoms. The van der Waals surface area contributed by atoms with Crippen LogP contribution in [0.4, 0.5) is 17.1 Å². The number of hydrogen-bond acceptors (Lipinski definition) is 3. The Kier molecular flexibility index (Phi) is 8.20. The number of methoxy groups -OCH3 is 2. The summed E-state index contributed by atoms with van der Waals surface area (Å²) in [6.45, 7) is 0. The van der Waals surface area contributed by atoms with Crippen molar-refractivity contribution in [1.29, 1.82) is 0 Å². The molecule has 0 bridgehead atoms. The lowest BCUT2D eigenvalue weighted by molar-refractivity contribution is 0.414. The van der Waals surface area contributed by atoms with Gasteiger partial charge in [-0.1, -0.05) is 91.0 Å². The van der Waals surface area contributed by atoms with Crippen LogP contribution in [-0.4, -0.2) is 14.2 Å². The average molecular weight is 510 g/mol. The fourth-order valence-corrected chi connectivity index (χ4v) is 4.31. The van der Waals surface area contributed by atoms with Gasteiger partial charge in [-0.3, -0.25) is 0 Å². The van der Waals surface area contributed by atoms with Crippen LogP contribution < -0.4 is 14.4 Å². The molecule has 0 heterocycles. The van der Waals surface area contributed by atoms with Crippen LogP contribution in [0.5, 0.6) is 11.5 Å². The fourth-order valence-electron chi connectivity index (χ4n) is 4.31. The Bertz CT molecular complexity index is 1520. The van der Waals surface area contributed by atoms with Gasteiger partial charge < -0.3 is 14.4 Å². The Labute approximate surface area is 230 Å². The number of para-hydroxylation sites is 1. The number of anilines is 3. The molecule has 0 aromatic heterocycles. The molecule has 0 aliphatic heterocycles. The van der Waals surface area contributed by atoms with Crippen LogP contribution in [0.25, 0.3) is 24.3 Å².